The summed E-state index contributed by atoms with van der Waals surface area (Å²) in [4.78, 5) is 20.4. The average Bonchev–Trinajstić information content (AvgIpc) is 3.32. The minimum atomic E-state index is -0.490. The Morgan fingerprint density at radius 2 is 2.04 bits per heavy atom. The van der Waals surface area contributed by atoms with Crippen LogP contribution in [0.5, 0.6) is 0 Å². The van der Waals surface area contributed by atoms with Crippen LogP contribution in [-0.2, 0) is 4.79 Å². The molecule has 26 heavy (non-hydrogen) atoms. The van der Waals surface area contributed by atoms with Crippen molar-refractivity contribution < 1.29 is 4.79 Å². The van der Waals surface area contributed by atoms with E-state index in [0.717, 1.165) is 25.6 Å². The quantitative estimate of drug-likeness (QED) is 0.478. The van der Waals surface area contributed by atoms with Gasteiger partial charge in [0, 0.05) is 31.6 Å². The highest BCUT2D eigenvalue weighted by Crippen LogP contribution is 2.27. The van der Waals surface area contributed by atoms with Crippen LogP contribution in [0.15, 0.2) is 22.5 Å². The summed E-state index contributed by atoms with van der Waals surface area (Å²) < 4.78 is 0. The summed E-state index contributed by atoms with van der Waals surface area (Å²) in [5.74, 6) is 0.791. The van der Waals surface area contributed by atoms with Gasteiger partial charge in [-0.25, -0.2) is 0 Å². The molecule has 1 aliphatic heterocycles. The third kappa shape index (κ3) is 5.71. The molecule has 1 aromatic heterocycles. The molecule has 1 amide bonds. The van der Waals surface area contributed by atoms with E-state index in [0.29, 0.717) is 19.1 Å². The zero-order valence-electron chi connectivity index (χ0n) is 16.5. The van der Waals surface area contributed by atoms with E-state index < -0.39 is 5.41 Å². The van der Waals surface area contributed by atoms with E-state index in [1.807, 2.05) is 32.1 Å². The van der Waals surface area contributed by atoms with Crippen molar-refractivity contribution >= 4 is 23.2 Å². The Morgan fingerprint density at radius 1 is 1.31 bits per heavy atom. The number of guanidine groups is 1. The zero-order chi connectivity index (χ0) is 19.0. The number of hydrogen-bond acceptors (Lipinski definition) is 4. The largest absolute Gasteiger partial charge is 0.356 e. The minimum Gasteiger partial charge on any atom is -0.356 e. The predicted molar refractivity (Wildman–Crippen MR) is 110 cm³/mol. The van der Waals surface area contributed by atoms with Gasteiger partial charge in [0.05, 0.1) is 11.5 Å². The van der Waals surface area contributed by atoms with Crippen molar-refractivity contribution in [3.63, 3.8) is 0 Å². The summed E-state index contributed by atoms with van der Waals surface area (Å²) in [6.45, 7) is 10.1. The molecule has 0 aliphatic carbocycles. The van der Waals surface area contributed by atoms with E-state index in [2.05, 4.69) is 43.4 Å². The van der Waals surface area contributed by atoms with Crippen molar-refractivity contribution in [2.45, 2.75) is 39.7 Å². The van der Waals surface area contributed by atoms with E-state index in [4.69, 9.17) is 0 Å². The molecule has 1 atom stereocenters. The van der Waals surface area contributed by atoms with E-state index in [1.54, 1.807) is 7.05 Å². The summed E-state index contributed by atoms with van der Waals surface area (Å²) in [7, 11) is 1.77. The summed E-state index contributed by atoms with van der Waals surface area (Å²) in [5, 5.41) is 11.8. The van der Waals surface area contributed by atoms with Gasteiger partial charge < -0.3 is 16.0 Å². The molecule has 1 unspecified atom stereocenters. The van der Waals surface area contributed by atoms with Gasteiger partial charge in [0.25, 0.3) is 0 Å². The maximum absolute atomic E-state index is 12.1. The lowest BCUT2D eigenvalue weighted by Crippen LogP contribution is -2.49. The Labute approximate surface area is 161 Å². The van der Waals surface area contributed by atoms with Gasteiger partial charge in [-0.3, -0.25) is 14.7 Å². The Balaban J connectivity index is 1.91. The SMILES string of the molecule is CCNC(=O)C(C)(C)CNC(=NC)NCC(c1cccs1)N1CCCC1. The number of carbonyl (C=O) groups is 1. The monoisotopic (exact) mass is 379 g/mol. The van der Waals surface area contributed by atoms with Gasteiger partial charge in [-0.1, -0.05) is 6.07 Å². The van der Waals surface area contributed by atoms with E-state index in [1.165, 1.54) is 17.7 Å². The van der Waals surface area contributed by atoms with Crippen LogP contribution in [0.25, 0.3) is 0 Å². The van der Waals surface area contributed by atoms with Gasteiger partial charge in [-0.05, 0) is 58.1 Å². The second-order valence-corrected chi connectivity index (χ2v) is 8.30. The molecule has 1 aliphatic rings. The molecule has 0 bridgehead atoms. The van der Waals surface area contributed by atoms with Crippen molar-refractivity contribution in [2.24, 2.45) is 10.4 Å². The van der Waals surface area contributed by atoms with Crippen LogP contribution in [0.3, 0.4) is 0 Å². The number of hydrogen-bond donors (Lipinski definition) is 3. The van der Waals surface area contributed by atoms with Gasteiger partial charge in [-0.15, -0.1) is 11.3 Å². The lowest BCUT2D eigenvalue weighted by atomic mass is 9.92. The number of likely N-dealkylation sites (tertiary alicyclic amines) is 1. The molecule has 7 heteroatoms. The van der Waals surface area contributed by atoms with Gasteiger partial charge in [-0.2, -0.15) is 0 Å². The molecule has 6 nitrogen and oxygen atoms in total. The molecule has 1 fully saturated rings. The van der Waals surface area contributed by atoms with Gasteiger partial charge >= 0.3 is 0 Å². The molecule has 1 saturated heterocycles. The topological polar surface area (TPSA) is 68.8 Å². The number of carbonyl (C=O) groups excluding carboxylic acids is 1. The van der Waals surface area contributed by atoms with Crippen molar-refractivity contribution in [1.29, 1.82) is 0 Å². The lowest BCUT2D eigenvalue weighted by Gasteiger charge is -2.29. The van der Waals surface area contributed by atoms with Crippen LogP contribution in [-0.4, -0.2) is 56.5 Å². The standard InChI is InChI=1S/C19H33N5OS/c1-5-21-17(25)19(2,3)14-23-18(20-4)22-13-15(16-9-8-12-26-16)24-10-6-7-11-24/h8-9,12,15H,5-7,10-11,13-14H2,1-4H3,(H,21,25)(H2,20,22,23). The predicted octanol–water partition coefficient (Wildman–Crippen LogP) is 2.21. The fourth-order valence-corrected chi connectivity index (χ4v) is 4.00. The van der Waals surface area contributed by atoms with Crippen LogP contribution >= 0.6 is 11.3 Å². The second-order valence-electron chi connectivity index (χ2n) is 7.32. The van der Waals surface area contributed by atoms with Crippen LogP contribution in [0.2, 0.25) is 0 Å². The minimum absolute atomic E-state index is 0.0523. The Hall–Kier alpha value is -1.60. The van der Waals surface area contributed by atoms with Crippen LogP contribution in [0, 0.1) is 5.41 Å². The zero-order valence-corrected chi connectivity index (χ0v) is 17.3. The van der Waals surface area contributed by atoms with Crippen LogP contribution in [0.1, 0.15) is 44.5 Å². The fourth-order valence-electron chi connectivity index (χ4n) is 3.14. The first kappa shape index (κ1) is 20.7. The highest BCUT2D eigenvalue weighted by Gasteiger charge is 2.28. The number of thiophene rings is 1. The highest BCUT2D eigenvalue weighted by atomic mass is 32.1. The van der Waals surface area contributed by atoms with Gasteiger partial charge in [0.2, 0.25) is 5.91 Å². The summed E-state index contributed by atoms with van der Waals surface area (Å²) in [6.07, 6.45) is 2.55. The molecule has 2 rings (SSSR count). The van der Waals surface area contributed by atoms with E-state index in [9.17, 15) is 4.79 Å². The molecular formula is C19H33N5OS. The first-order chi connectivity index (χ1) is 12.5. The van der Waals surface area contributed by atoms with Crippen molar-refractivity contribution in [1.82, 2.24) is 20.9 Å². The smallest absolute Gasteiger partial charge is 0.227 e. The van der Waals surface area contributed by atoms with Crippen molar-refractivity contribution in [3.8, 4) is 0 Å². The first-order valence-electron chi connectivity index (χ1n) is 9.48. The van der Waals surface area contributed by atoms with Gasteiger partial charge in [0.15, 0.2) is 5.96 Å². The van der Waals surface area contributed by atoms with E-state index >= 15 is 0 Å². The number of aliphatic imine (C=N–C) groups is 1. The van der Waals surface area contributed by atoms with Crippen LogP contribution in [0.4, 0.5) is 0 Å². The Bertz CT molecular complexity index is 579. The molecule has 0 aromatic carbocycles. The number of amides is 1. The first-order valence-corrected chi connectivity index (χ1v) is 10.4. The average molecular weight is 380 g/mol. The summed E-state index contributed by atoms with van der Waals surface area (Å²) >= 11 is 1.81. The van der Waals surface area contributed by atoms with E-state index in [-0.39, 0.29) is 5.91 Å². The maximum Gasteiger partial charge on any atom is 0.227 e. The molecule has 0 radical (unpaired) electrons. The summed E-state index contributed by atoms with van der Waals surface area (Å²) in [5.41, 5.74) is -0.490. The van der Waals surface area contributed by atoms with Crippen molar-refractivity contribution in [2.75, 3.05) is 39.8 Å². The number of rotatable bonds is 8. The molecule has 1 aromatic rings. The summed E-state index contributed by atoms with van der Waals surface area (Å²) in [6, 6.07) is 4.70. The number of nitrogens with one attached hydrogen (secondary N) is 3. The molecular weight excluding hydrogens is 346 g/mol. The lowest BCUT2D eigenvalue weighted by molar-refractivity contribution is -0.128. The highest BCUT2D eigenvalue weighted by molar-refractivity contribution is 7.10. The second kappa shape index (κ2) is 9.92. The maximum atomic E-state index is 12.1. The van der Waals surface area contributed by atoms with Gasteiger partial charge in [0.1, 0.15) is 0 Å². The molecule has 3 N–H and O–H groups in total. The fraction of sp³-hybridized carbons (Fsp3) is 0.684. The number of nitrogens with zero attached hydrogens (tertiary/aromatic N) is 2. The Morgan fingerprint density at radius 3 is 2.62 bits per heavy atom. The molecule has 146 valence electrons. The van der Waals surface area contributed by atoms with Crippen molar-refractivity contribution in [3.05, 3.63) is 22.4 Å². The molecule has 0 saturated carbocycles. The third-order valence-corrected chi connectivity index (χ3v) is 5.76. The van der Waals surface area contributed by atoms with Crippen LogP contribution < -0.4 is 16.0 Å². The Kier molecular flexibility index (Phi) is 7.90. The normalized spacial score (nSPS) is 17.2. The third-order valence-electron chi connectivity index (χ3n) is 4.79. The molecule has 2 heterocycles. The molecule has 0 spiro atoms.